The average molecular weight is 398 g/mol. The van der Waals surface area contributed by atoms with E-state index in [4.69, 9.17) is 0 Å². The molecule has 154 valence electrons. The van der Waals surface area contributed by atoms with Crippen molar-refractivity contribution in [2.75, 3.05) is 19.7 Å². The summed E-state index contributed by atoms with van der Waals surface area (Å²) in [4.78, 5) is 28.9. The minimum Gasteiger partial charge on any atom is -0.394 e. The van der Waals surface area contributed by atoms with E-state index in [1.54, 1.807) is 22.8 Å². The molecule has 0 aliphatic carbocycles. The van der Waals surface area contributed by atoms with E-state index in [1.165, 1.54) is 18.2 Å². The number of hydrogen-bond donors (Lipinski definition) is 1. The molecule has 1 saturated heterocycles. The highest BCUT2D eigenvalue weighted by Gasteiger charge is 2.51. The number of carbonyl (C=O) groups excluding carboxylic acids is 2. The minimum absolute atomic E-state index is 0.0458. The smallest absolute Gasteiger partial charge is 0.254 e. The summed E-state index contributed by atoms with van der Waals surface area (Å²) in [5.74, 6) is -0.836. The van der Waals surface area contributed by atoms with Crippen molar-refractivity contribution in [1.29, 1.82) is 0 Å². The predicted octanol–water partition coefficient (Wildman–Crippen LogP) is 3.05. The van der Waals surface area contributed by atoms with Gasteiger partial charge >= 0.3 is 0 Å². The van der Waals surface area contributed by atoms with Gasteiger partial charge in [0.05, 0.1) is 18.7 Å². The van der Waals surface area contributed by atoms with Gasteiger partial charge < -0.3 is 14.9 Å². The van der Waals surface area contributed by atoms with E-state index in [-0.39, 0.29) is 42.0 Å². The largest absolute Gasteiger partial charge is 0.394 e. The van der Waals surface area contributed by atoms with E-state index in [9.17, 15) is 19.1 Å². The Hall–Kier alpha value is -2.73. The van der Waals surface area contributed by atoms with Crippen molar-refractivity contribution >= 4 is 11.8 Å². The monoisotopic (exact) mass is 398 g/mol. The van der Waals surface area contributed by atoms with Crippen molar-refractivity contribution < 1.29 is 19.1 Å². The molecule has 1 aliphatic rings. The van der Waals surface area contributed by atoms with E-state index >= 15 is 0 Å². The number of aliphatic hydroxyl groups is 1. The van der Waals surface area contributed by atoms with Gasteiger partial charge in [0.25, 0.3) is 5.91 Å². The molecule has 29 heavy (non-hydrogen) atoms. The second kappa shape index (κ2) is 9.18. The van der Waals surface area contributed by atoms with Crippen LogP contribution >= 0.6 is 0 Å². The molecule has 1 heterocycles. The number of rotatable bonds is 7. The summed E-state index contributed by atoms with van der Waals surface area (Å²) in [5, 5.41) is 9.94. The third-order valence-electron chi connectivity index (χ3n) is 5.65. The van der Waals surface area contributed by atoms with E-state index in [1.807, 2.05) is 37.3 Å². The molecule has 5 nitrogen and oxygen atoms in total. The first-order valence-electron chi connectivity index (χ1n) is 10.0. The van der Waals surface area contributed by atoms with E-state index in [2.05, 4.69) is 0 Å². The van der Waals surface area contributed by atoms with Gasteiger partial charge in [-0.2, -0.15) is 0 Å². The maximum Gasteiger partial charge on any atom is 0.254 e. The number of likely N-dealkylation sites (tertiary alicyclic amines) is 1. The van der Waals surface area contributed by atoms with Gasteiger partial charge in [-0.05, 0) is 30.7 Å². The fourth-order valence-corrected chi connectivity index (χ4v) is 4.21. The second-order valence-electron chi connectivity index (χ2n) is 7.26. The molecular formula is C23H27FN2O3. The fourth-order valence-electron chi connectivity index (χ4n) is 4.21. The maximum absolute atomic E-state index is 13.6. The van der Waals surface area contributed by atoms with Crippen molar-refractivity contribution in [3.63, 3.8) is 0 Å². The molecule has 0 spiro atoms. The van der Waals surface area contributed by atoms with Crippen molar-refractivity contribution in [3.8, 4) is 0 Å². The van der Waals surface area contributed by atoms with Gasteiger partial charge in [-0.25, -0.2) is 4.39 Å². The lowest BCUT2D eigenvalue weighted by molar-refractivity contribution is -0.151. The quantitative estimate of drug-likeness (QED) is 0.780. The number of carbonyl (C=O) groups is 2. The Labute approximate surface area is 170 Å². The van der Waals surface area contributed by atoms with Crippen molar-refractivity contribution in [2.45, 2.75) is 38.3 Å². The SMILES string of the molecule is CCC(=O)N1[C@H](CO)[C@H](c2ccccc2)[C@H]1CN(CC)C(=O)c1cccc(F)c1. The van der Waals surface area contributed by atoms with Crippen LogP contribution in [-0.4, -0.2) is 58.5 Å². The van der Waals surface area contributed by atoms with Crippen molar-refractivity contribution in [1.82, 2.24) is 9.80 Å². The van der Waals surface area contributed by atoms with Crippen molar-refractivity contribution in [3.05, 3.63) is 71.5 Å². The molecule has 2 aromatic carbocycles. The van der Waals surface area contributed by atoms with Gasteiger partial charge in [0.15, 0.2) is 0 Å². The molecule has 3 atom stereocenters. The molecule has 0 radical (unpaired) electrons. The van der Waals surface area contributed by atoms with Gasteiger partial charge in [-0.15, -0.1) is 0 Å². The molecule has 1 aliphatic heterocycles. The highest BCUT2D eigenvalue weighted by molar-refractivity contribution is 5.94. The second-order valence-corrected chi connectivity index (χ2v) is 7.26. The molecule has 0 unspecified atom stereocenters. The number of likely N-dealkylation sites (N-methyl/N-ethyl adjacent to an activating group) is 1. The van der Waals surface area contributed by atoms with Crippen LogP contribution in [0.25, 0.3) is 0 Å². The van der Waals surface area contributed by atoms with Crippen LogP contribution in [0.2, 0.25) is 0 Å². The fraction of sp³-hybridized carbons (Fsp3) is 0.391. The Bertz CT molecular complexity index is 858. The first kappa shape index (κ1) is 21.0. The van der Waals surface area contributed by atoms with E-state index < -0.39 is 5.82 Å². The average Bonchev–Trinajstić information content (AvgIpc) is 2.73. The Morgan fingerprint density at radius 3 is 2.38 bits per heavy atom. The van der Waals surface area contributed by atoms with Crippen LogP contribution in [0.1, 0.15) is 42.1 Å². The normalized spacial score (nSPS) is 20.8. The summed E-state index contributed by atoms with van der Waals surface area (Å²) in [6, 6.07) is 14.8. The predicted molar refractivity (Wildman–Crippen MR) is 109 cm³/mol. The summed E-state index contributed by atoms with van der Waals surface area (Å²) >= 11 is 0. The number of hydrogen-bond acceptors (Lipinski definition) is 3. The Balaban J connectivity index is 1.88. The Morgan fingerprint density at radius 1 is 1.07 bits per heavy atom. The van der Waals surface area contributed by atoms with Crippen LogP contribution in [0, 0.1) is 5.82 Å². The topological polar surface area (TPSA) is 60.9 Å². The van der Waals surface area contributed by atoms with Crippen LogP contribution < -0.4 is 0 Å². The lowest BCUT2D eigenvalue weighted by atomic mass is 9.74. The number of benzene rings is 2. The summed E-state index contributed by atoms with van der Waals surface area (Å²) < 4.78 is 13.6. The Kier molecular flexibility index (Phi) is 6.64. The van der Waals surface area contributed by atoms with Crippen molar-refractivity contribution in [2.24, 2.45) is 0 Å². The molecule has 0 bridgehead atoms. The molecular weight excluding hydrogens is 371 g/mol. The van der Waals surface area contributed by atoms with Gasteiger partial charge in [0.1, 0.15) is 5.82 Å². The number of amides is 2. The third kappa shape index (κ3) is 4.17. The number of aliphatic hydroxyl groups excluding tert-OH is 1. The zero-order chi connectivity index (χ0) is 21.0. The molecule has 0 saturated carbocycles. The van der Waals surface area contributed by atoms with Crippen LogP contribution in [0.3, 0.4) is 0 Å². The summed E-state index contributed by atoms with van der Waals surface area (Å²) in [6.45, 7) is 4.28. The van der Waals surface area contributed by atoms with Crippen LogP contribution in [0.15, 0.2) is 54.6 Å². The highest BCUT2D eigenvalue weighted by atomic mass is 19.1. The highest BCUT2D eigenvalue weighted by Crippen LogP contribution is 2.41. The van der Waals surface area contributed by atoms with Gasteiger partial charge in [-0.3, -0.25) is 9.59 Å². The first-order chi connectivity index (χ1) is 14.0. The lowest BCUT2D eigenvalue weighted by Crippen LogP contribution is -2.68. The number of nitrogens with zero attached hydrogens (tertiary/aromatic N) is 2. The van der Waals surface area contributed by atoms with E-state index in [0.29, 0.717) is 19.5 Å². The lowest BCUT2D eigenvalue weighted by Gasteiger charge is -2.56. The Morgan fingerprint density at radius 2 is 1.79 bits per heavy atom. The molecule has 0 aromatic heterocycles. The summed E-state index contributed by atoms with van der Waals surface area (Å²) in [6.07, 6.45) is 0.332. The maximum atomic E-state index is 13.6. The van der Waals surface area contributed by atoms with Crippen LogP contribution in [0.4, 0.5) is 4.39 Å². The number of halogens is 1. The van der Waals surface area contributed by atoms with Crippen LogP contribution in [0.5, 0.6) is 0 Å². The molecule has 2 amide bonds. The standard InChI is InChI=1S/C23H27FN2O3/c1-3-21(28)26-19(22(20(26)15-27)16-9-6-5-7-10-16)14-25(4-2)23(29)17-11-8-12-18(24)13-17/h5-13,19-20,22,27H,3-4,14-15H2,1-2H3/t19-,20-,22-/m1/s1. The third-order valence-corrected chi connectivity index (χ3v) is 5.65. The molecule has 3 rings (SSSR count). The summed E-state index contributed by atoms with van der Waals surface area (Å²) in [7, 11) is 0. The molecule has 1 N–H and O–H groups in total. The molecule has 6 heteroatoms. The first-order valence-corrected chi connectivity index (χ1v) is 10.0. The van der Waals surface area contributed by atoms with Crippen LogP contribution in [-0.2, 0) is 4.79 Å². The summed E-state index contributed by atoms with van der Waals surface area (Å²) in [5.41, 5.74) is 1.32. The molecule has 2 aromatic rings. The molecule has 1 fully saturated rings. The zero-order valence-electron chi connectivity index (χ0n) is 16.8. The van der Waals surface area contributed by atoms with Gasteiger partial charge in [-0.1, -0.05) is 43.3 Å². The van der Waals surface area contributed by atoms with Gasteiger partial charge in [0.2, 0.25) is 5.91 Å². The van der Waals surface area contributed by atoms with Gasteiger partial charge in [0, 0.05) is 31.0 Å². The zero-order valence-corrected chi connectivity index (χ0v) is 16.8. The minimum atomic E-state index is -0.458. The van der Waals surface area contributed by atoms with E-state index in [0.717, 1.165) is 5.56 Å².